The summed E-state index contributed by atoms with van der Waals surface area (Å²) in [4.78, 5) is 4.72. The fraction of sp³-hybridized carbons (Fsp3) is 1.00. The first-order valence-corrected chi connectivity index (χ1v) is 6.40. The van der Waals surface area contributed by atoms with Crippen LogP contribution in [0.1, 0.15) is 19.8 Å². The molecule has 0 aromatic rings. The van der Waals surface area contributed by atoms with E-state index in [1.54, 1.807) is 0 Å². The van der Waals surface area contributed by atoms with E-state index in [2.05, 4.69) is 36.1 Å². The minimum Gasteiger partial charge on any atom is -0.392 e. The summed E-state index contributed by atoms with van der Waals surface area (Å²) in [5.74, 6) is 0. The van der Waals surface area contributed by atoms with Gasteiger partial charge in [0.1, 0.15) is 0 Å². The van der Waals surface area contributed by atoms with Crippen molar-refractivity contribution in [1.82, 2.24) is 15.1 Å². The number of β-amino-alcohol motifs (C(OH)–C–C–N with tert-alkyl or cyclic N) is 1. The normalized spacial score (nSPS) is 25.9. The Morgan fingerprint density at radius 3 is 2.50 bits per heavy atom. The van der Waals surface area contributed by atoms with Gasteiger partial charge in [-0.05, 0) is 33.5 Å². The zero-order valence-corrected chi connectivity index (χ0v) is 10.9. The van der Waals surface area contributed by atoms with Gasteiger partial charge in [-0.15, -0.1) is 0 Å². The third-order valence-electron chi connectivity index (χ3n) is 3.08. The Bertz CT molecular complexity index is 187. The van der Waals surface area contributed by atoms with Gasteiger partial charge in [-0.3, -0.25) is 0 Å². The zero-order chi connectivity index (χ0) is 12.0. The molecular formula is C12H27N3O. The number of nitrogens with one attached hydrogen (secondary N) is 1. The van der Waals surface area contributed by atoms with E-state index >= 15 is 0 Å². The molecule has 0 aliphatic carbocycles. The largest absolute Gasteiger partial charge is 0.392 e. The summed E-state index contributed by atoms with van der Waals surface area (Å²) in [5, 5.41) is 12.8. The highest BCUT2D eigenvalue weighted by Crippen LogP contribution is 2.08. The Morgan fingerprint density at radius 1 is 1.25 bits per heavy atom. The van der Waals surface area contributed by atoms with Crippen LogP contribution < -0.4 is 5.32 Å². The summed E-state index contributed by atoms with van der Waals surface area (Å²) in [6.07, 6.45) is 1.97. The van der Waals surface area contributed by atoms with E-state index < -0.39 is 0 Å². The maximum atomic E-state index is 9.47. The fourth-order valence-electron chi connectivity index (χ4n) is 2.20. The van der Waals surface area contributed by atoms with Gasteiger partial charge in [-0.2, -0.15) is 0 Å². The number of aliphatic hydroxyl groups is 1. The van der Waals surface area contributed by atoms with Crippen LogP contribution in [0.15, 0.2) is 0 Å². The van der Waals surface area contributed by atoms with Crippen LogP contribution in [0.25, 0.3) is 0 Å². The third kappa shape index (κ3) is 5.25. The van der Waals surface area contributed by atoms with Gasteiger partial charge in [-0.1, -0.05) is 6.92 Å². The topological polar surface area (TPSA) is 38.7 Å². The summed E-state index contributed by atoms with van der Waals surface area (Å²) in [6, 6.07) is 0.476. The number of hydrogen-bond donors (Lipinski definition) is 2. The van der Waals surface area contributed by atoms with E-state index in [0.717, 1.165) is 39.1 Å². The summed E-state index contributed by atoms with van der Waals surface area (Å²) in [6.45, 7) is 7.43. The smallest absolute Gasteiger partial charge is 0.0680 e. The van der Waals surface area contributed by atoms with Crippen molar-refractivity contribution in [1.29, 1.82) is 0 Å². The minimum absolute atomic E-state index is 0.137. The Balaban J connectivity index is 2.26. The molecule has 0 aromatic heterocycles. The Labute approximate surface area is 99.6 Å². The standard InChI is InChI=1S/C12H27N3O/c1-4-5-15(7-6-14(2)3)10-11-8-12(16)9-13-11/h11-13,16H,4-10H2,1-3H3. The van der Waals surface area contributed by atoms with Crippen LogP contribution in [-0.4, -0.2) is 73.9 Å². The van der Waals surface area contributed by atoms with Gasteiger partial charge in [0.25, 0.3) is 0 Å². The Kier molecular flexibility index (Phi) is 6.28. The second-order valence-electron chi connectivity index (χ2n) is 5.10. The molecule has 16 heavy (non-hydrogen) atoms. The van der Waals surface area contributed by atoms with Crippen molar-refractivity contribution >= 4 is 0 Å². The lowest BCUT2D eigenvalue weighted by atomic mass is 10.2. The Morgan fingerprint density at radius 2 is 2.00 bits per heavy atom. The van der Waals surface area contributed by atoms with Crippen LogP contribution in [-0.2, 0) is 0 Å². The minimum atomic E-state index is -0.137. The first-order chi connectivity index (χ1) is 7.61. The van der Waals surface area contributed by atoms with Crippen molar-refractivity contribution in [3.05, 3.63) is 0 Å². The molecule has 0 radical (unpaired) electrons. The Hall–Kier alpha value is -0.160. The number of likely N-dealkylation sites (N-methyl/N-ethyl adjacent to an activating group) is 1. The van der Waals surface area contributed by atoms with E-state index in [-0.39, 0.29) is 6.10 Å². The quantitative estimate of drug-likeness (QED) is 0.644. The molecular weight excluding hydrogens is 202 g/mol. The predicted octanol–water partition coefficient (Wildman–Crippen LogP) is -0.0172. The molecule has 2 atom stereocenters. The molecule has 0 bridgehead atoms. The van der Waals surface area contributed by atoms with Crippen molar-refractivity contribution in [2.45, 2.75) is 31.9 Å². The molecule has 2 N–H and O–H groups in total. The highest BCUT2D eigenvalue weighted by molar-refractivity contribution is 4.83. The molecule has 1 fully saturated rings. The zero-order valence-electron chi connectivity index (χ0n) is 10.9. The molecule has 0 aromatic carbocycles. The average molecular weight is 229 g/mol. The maximum absolute atomic E-state index is 9.47. The molecule has 1 saturated heterocycles. The van der Waals surface area contributed by atoms with Crippen LogP contribution >= 0.6 is 0 Å². The molecule has 96 valence electrons. The van der Waals surface area contributed by atoms with Crippen LogP contribution in [0.2, 0.25) is 0 Å². The number of aliphatic hydroxyl groups excluding tert-OH is 1. The first kappa shape index (κ1) is 13.9. The summed E-state index contributed by atoms with van der Waals surface area (Å²) >= 11 is 0. The van der Waals surface area contributed by atoms with Crippen molar-refractivity contribution in [3.8, 4) is 0 Å². The van der Waals surface area contributed by atoms with Crippen molar-refractivity contribution in [2.75, 3.05) is 46.8 Å². The molecule has 0 saturated carbocycles. The van der Waals surface area contributed by atoms with Gasteiger partial charge in [0.05, 0.1) is 6.10 Å². The molecule has 1 heterocycles. The van der Waals surface area contributed by atoms with Crippen LogP contribution in [0.5, 0.6) is 0 Å². The number of nitrogens with zero attached hydrogens (tertiary/aromatic N) is 2. The lowest BCUT2D eigenvalue weighted by Gasteiger charge is -2.26. The summed E-state index contributed by atoms with van der Waals surface area (Å²) in [7, 11) is 4.23. The maximum Gasteiger partial charge on any atom is 0.0680 e. The SMILES string of the molecule is CCCN(CCN(C)C)CC1CC(O)CN1. The lowest BCUT2D eigenvalue weighted by molar-refractivity contribution is 0.184. The van der Waals surface area contributed by atoms with Gasteiger partial charge >= 0.3 is 0 Å². The van der Waals surface area contributed by atoms with Crippen molar-refractivity contribution in [3.63, 3.8) is 0 Å². The molecule has 0 amide bonds. The number of hydrogen-bond acceptors (Lipinski definition) is 4. The predicted molar refractivity (Wildman–Crippen MR) is 67.7 cm³/mol. The summed E-state index contributed by atoms with van der Waals surface area (Å²) in [5.41, 5.74) is 0. The fourth-order valence-corrected chi connectivity index (χ4v) is 2.20. The second kappa shape index (κ2) is 7.22. The highest BCUT2D eigenvalue weighted by Gasteiger charge is 2.23. The molecule has 1 aliphatic rings. The average Bonchev–Trinajstić information content (AvgIpc) is 2.61. The number of rotatable bonds is 7. The van der Waals surface area contributed by atoms with E-state index in [1.807, 2.05) is 0 Å². The van der Waals surface area contributed by atoms with Gasteiger partial charge in [0.15, 0.2) is 0 Å². The van der Waals surface area contributed by atoms with E-state index in [1.165, 1.54) is 6.42 Å². The molecule has 2 unspecified atom stereocenters. The molecule has 1 rings (SSSR count). The van der Waals surface area contributed by atoms with Gasteiger partial charge in [0, 0.05) is 32.2 Å². The van der Waals surface area contributed by atoms with Crippen LogP contribution in [0, 0.1) is 0 Å². The second-order valence-corrected chi connectivity index (χ2v) is 5.10. The van der Waals surface area contributed by atoms with E-state index in [4.69, 9.17) is 0 Å². The van der Waals surface area contributed by atoms with Crippen LogP contribution in [0.4, 0.5) is 0 Å². The molecule has 4 heteroatoms. The lowest BCUT2D eigenvalue weighted by Crippen LogP contribution is -2.40. The van der Waals surface area contributed by atoms with Gasteiger partial charge < -0.3 is 20.2 Å². The van der Waals surface area contributed by atoms with Gasteiger partial charge in [-0.25, -0.2) is 0 Å². The monoisotopic (exact) mass is 229 g/mol. The van der Waals surface area contributed by atoms with Gasteiger partial charge in [0.2, 0.25) is 0 Å². The van der Waals surface area contributed by atoms with Crippen LogP contribution in [0.3, 0.4) is 0 Å². The molecule has 0 spiro atoms. The third-order valence-corrected chi connectivity index (χ3v) is 3.08. The highest BCUT2D eigenvalue weighted by atomic mass is 16.3. The van der Waals surface area contributed by atoms with Crippen molar-refractivity contribution in [2.24, 2.45) is 0 Å². The van der Waals surface area contributed by atoms with E-state index in [0.29, 0.717) is 6.04 Å². The molecule has 4 nitrogen and oxygen atoms in total. The van der Waals surface area contributed by atoms with Crippen molar-refractivity contribution < 1.29 is 5.11 Å². The van der Waals surface area contributed by atoms with E-state index in [9.17, 15) is 5.11 Å². The summed E-state index contributed by atoms with van der Waals surface area (Å²) < 4.78 is 0. The first-order valence-electron chi connectivity index (χ1n) is 6.40. The molecule has 1 aliphatic heterocycles.